The van der Waals surface area contributed by atoms with E-state index < -0.39 is 22.1 Å². The van der Waals surface area contributed by atoms with E-state index in [0.29, 0.717) is 5.56 Å². The molecule has 1 aliphatic heterocycles. The number of rotatable bonds is 7. The van der Waals surface area contributed by atoms with E-state index in [4.69, 9.17) is 19.3 Å². The number of piperazine rings is 1. The van der Waals surface area contributed by atoms with Crippen molar-refractivity contribution in [2.24, 2.45) is 0 Å². The van der Waals surface area contributed by atoms with Crippen molar-refractivity contribution in [3.63, 3.8) is 0 Å². The highest BCUT2D eigenvalue weighted by molar-refractivity contribution is 7.89. The molecule has 2 rings (SSSR count). The highest BCUT2D eigenvalue weighted by Crippen LogP contribution is 2.37. The zero-order valence-electron chi connectivity index (χ0n) is 16.5. The summed E-state index contributed by atoms with van der Waals surface area (Å²) in [6.45, 7) is 2.49. The fourth-order valence-corrected chi connectivity index (χ4v) is 4.50. The molecule has 10 nitrogen and oxygen atoms in total. The van der Waals surface area contributed by atoms with Crippen LogP contribution in [0.1, 0.15) is 12.5 Å². The molecule has 0 radical (unpaired) electrons. The summed E-state index contributed by atoms with van der Waals surface area (Å²) in [7, 11) is -1.31. The van der Waals surface area contributed by atoms with E-state index in [1.807, 2.05) is 0 Å². The summed E-state index contributed by atoms with van der Waals surface area (Å²) in [4.78, 5) is 23.9. The van der Waals surface area contributed by atoms with Gasteiger partial charge in [-0.15, -0.1) is 0 Å². The normalized spacial score (nSPS) is 15.3. The molecule has 1 aromatic rings. The monoisotopic (exact) mass is 428 g/mol. The lowest BCUT2D eigenvalue weighted by molar-refractivity contribution is -0.131. The van der Waals surface area contributed by atoms with Crippen molar-refractivity contribution in [1.82, 2.24) is 9.21 Å². The highest BCUT2D eigenvalue weighted by Gasteiger charge is 2.33. The first-order valence-electron chi connectivity index (χ1n) is 8.83. The molecule has 1 aliphatic rings. The number of carboxylic acids is 1. The van der Waals surface area contributed by atoms with Gasteiger partial charge in [-0.25, -0.2) is 18.0 Å². The van der Waals surface area contributed by atoms with E-state index in [2.05, 4.69) is 0 Å². The van der Waals surface area contributed by atoms with Crippen LogP contribution in [0.25, 0.3) is 6.08 Å². The number of carbonyl (C=O) groups excluding carboxylic acids is 1. The first-order valence-corrected chi connectivity index (χ1v) is 10.3. The van der Waals surface area contributed by atoms with Crippen molar-refractivity contribution in [3.8, 4) is 11.5 Å². The molecule has 1 fully saturated rings. The maximum Gasteiger partial charge on any atom is 0.409 e. The summed E-state index contributed by atoms with van der Waals surface area (Å²) in [5, 5.41) is 8.83. The standard InChI is InChI=1S/C18H24N2O8S/c1-4-28-18(23)19-7-9-20(10-8-19)29(24,25)15-12-13(5-6-16(21)22)11-14(26-2)17(15)27-3/h5-6,11-12H,4,7-10H2,1-3H3,(H,21,22). The van der Waals surface area contributed by atoms with Gasteiger partial charge in [-0.2, -0.15) is 4.31 Å². The van der Waals surface area contributed by atoms with Crippen molar-refractivity contribution < 1.29 is 37.3 Å². The van der Waals surface area contributed by atoms with Crippen LogP contribution in [0.3, 0.4) is 0 Å². The number of methoxy groups -OCH3 is 2. The van der Waals surface area contributed by atoms with Gasteiger partial charge in [0.25, 0.3) is 0 Å². The Morgan fingerprint density at radius 3 is 2.31 bits per heavy atom. The Hall–Kier alpha value is -2.79. The van der Waals surface area contributed by atoms with Gasteiger partial charge in [0.05, 0.1) is 20.8 Å². The fourth-order valence-electron chi connectivity index (χ4n) is 2.87. The molecule has 1 saturated heterocycles. The summed E-state index contributed by atoms with van der Waals surface area (Å²) in [5.74, 6) is -0.990. The van der Waals surface area contributed by atoms with Gasteiger partial charge in [0, 0.05) is 32.3 Å². The van der Waals surface area contributed by atoms with E-state index in [1.54, 1.807) is 6.92 Å². The highest BCUT2D eigenvalue weighted by atomic mass is 32.2. The number of sulfonamides is 1. The summed E-state index contributed by atoms with van der Waals surface area (Å²) >= 11 is 0. The first kappa shape index (κ1) is 22.5. The molecule has 1 amide bonds. The summed E-state index contributed by atoms with van der Waals surface area (Å²) in [6, 6.07) is 2.81. The van der Waals surface area contributed by atoms with Crippen LogP contribution < -0.4 is 9.47 Å². The molecule has 0 atom stereocenters. The first-order chi connectivity index (χ1) is 13.7. The van der Waals surface area contributed by atoms with E-state index in [0.717, 1.165) is 6.08 Å². The quantitative estimate of drug-likeness (QED) is 0.644. The molecule has 0 aromatic heterocycles. The Balaban J connectivity index is 2.37. The lowest BCUT2D eigenvalue weighted by atomic mass is 10.2. The van der Waals surface area contributed by atoms with Crippen LogP contribution in [0.15, 0.2) is 23.1 Å². The Kier molecular flexibility index (Phi) is 7.46. The second kappa shape index (κ2) is 9.61. The SMILES string of the molecule is CCOC(=O)N1CCN(S(=O)(=O)c2cc(C=CC(=O)O)cc(OC)c2OC)CC1. The van der Waals surface area contributed by atoms with Gasteiger partial charge in [0.15, 0.2) is 11.5 Å². The Morgan fingerprint density at radius 2 is 1.79 bits per heavy atom. The Labute approximate surface area is 169 Å². The van der Waals surface area contributed by atoms with Gasteiger partial charge in [-0.1, -0.05) is 0 Å². The fraction of sp³-hybridized carbons (Fsp3) is 0.444. The predicted molar refractivity (Wildman–Crippen MR) is 104 cm³/mol. The smallest absolute Gasteiger partial charge is 0.409 e. The number of ether oxygens (including phenoxy) is 3. The molecular formula is C18H24N2O8S. The number of carbonyl (C=O) groups is 2. The minimum Gasteiger partial charge on any atom is -0.493 e. The van der Waals surface area contributed by atoms with Crippen LogP contribution in [0, 0.1) is 0 Å². The van der Waals surface area contributed by atoms with Crippen LogP contribution in [-0.2, 0) is 19.6 Å². The van der Waals surface area contributed by atoms with Gasteiger partial charge in [-0.05, 0) is 30.7 Å². The topological polar surface area (TPSA) is 123 Å². The number of hydrogen-bond acceptors (Lipinski definition) is 7. The van der Waals surface area contributed by atoms with E-state index in [-0.39, 0.29) is 49.2 Å². The lowest BCUT2D eigenvalue weighted by Gasteiger charge is -2.33. The number of hydrogen-bond donors (Lipinski definition) is 1. The predicted octanol–water partition coefficient (Wildman–Crippen LogP) is 1.26. The van der Waals surface area contributed by atoms with Gasteiger partial charge in [0.1, 0.15) is 4.90 Å². The molecular weight excluding hydrogens is 404 g/mol. The molecule has 29 heavy (non-hydrogen) atoms. The summed E-state index contributed by atoms with van der Waals surface area (Å²) < 4.78 is 43.2. The van der Waals surface area contributed by atoms with Crippen molar-refractivity contribution in [1.29, 1.82) is 0 Å². The second-order valence-corrected chi connectivity index (χ2v) is 7.92. The lowest BCUT2D eigenvalue weighted by Crippen LogP contribution is -2.50. The van der Waals surface area contributed by atoms with Crippen LogP contribution in [0.5, 0.6) is 11.5 Å². The van der Waals surface area contributed by atoms with Crippen LogP contribution in [-0.4, -0.2) is 81.8 Å². The Bertz CT molecular complexity index is 889. The minimum atomic E-state index is -3.99. The van der Waals surface area contributed by atoms with Crippen molar-refractivity contribution >= 4 is 28.2 Å². The van der Waals surface area contributed by atoms with Crippen molar-refractivity contribution in [2.45, 2.75) is 11.8 Å². The van der Waals surface area contributed by atoms with Crippen molar-refractivity contribution in [3.05, 3.63) is 23.8 Å². The third-order valence-electron chi connectivity index (χ3n) is 4.27. The maximum absolute atomic E-state index is 13.2. The van der Waals surface area contributed by atoms with Gasteiger partial charge < -0.3 is 24.2 Å². The van der Waals surface area contributed by atoms with E-state index in [9.17, 15) is 18.0 Å². The van der Waals surface area contributed by atoms with Crippen LogP contribution >= 0.6 is 0 Å². The third kappa shape index (κ3) is 5.18. The molecule has 160 valence electrons. The minimum absolute atomic E-state index is 0.0211. The van der Waals surface area contributed by atoms with Gasteiger partial charge >= 0.3 is 12.1 Å². The zero-order chi connectivity index (χ0) is 21.6. The molecule has 0 spiro atoms. The van der Waals surface area contributed by atoms with Crippen LogP contribution in [0.4, 0.5) is 4.79 Å². The number of nitrogens with zero attached hydrogens (tertiary/aromatic N) is 2. The van der Waals surface area contributed by atoms with Gasteiger partial charge in [0.2, 0.25) is 10.0 Å². The molecule has 0 unspecified atom stereocenters. The summed E-state index contributed by atoms with van der Waals surface area (Å²) in [5.41, 5.74) is 0.328. The zero-order valence-corrected chi connectivity index (χ0v) is 17.3. The maximum atomic E-state index is 13.2. The number of benzene rings is 1. The average molecular weight is 428 g/mol. The third-order valence-corrected chi connectivity index (χ3v) is 6.17. The molecule has 11 heteroatoms. The molecule has 0 bridgehead atoms. The van der Waals surface area contributed by atoms with E-state index in [1.165, 1.54) is 41.6 Å². The number of amides is 1. The molecule has 0 aliphatic carbocycles. The second-order valence-electron chi connectivity index (χ2n) is 6.02. The average Bonchev–Trinajstić information content (AvgIpc) is 2.71. The molecule has 0 saturated carbocycles. The molecule has 1 aromatic carbocycles. The molecule has 1 N–H and O–H groups in total. The number of aliphatic carboxylic acids is 1. The molecule has 1 heterocycles. The van der Waals surface area contributed by atoms with Gasteiger partial charge in [-0.3, -0.25) is 0 Å². The number of carboxylic acid groups (broad SMARTS) is 1. The van der Waals surface area contributed by atoms with Crippen LogP contribution in [0.2, 0.25) is 0 Å². The Morgan fingerprint density at radius 1 is 1.14 bits per heavy atom. The van der Waals surface area contributed by atoms with E-state index >= 15 is 0 Å². The van der Waals surface area contributed by atoms with Crippen molar-refractivity contribution in [2.75, 3.05) is 47.0 Å². The summed E-state index contributed by atoms with van der Waals surface area (Å²) in [6.07, 6.45) is 1.68. The largest absolute Gasteiger partial charge is 0.493 e.